The number of aryl methyl sites for hydroxylation is 1. The van der Waals surface area contributed by atoms with E-state index in [1.54, 1.807) is 0 Å². The van der Waals surface area contributed by atoms with Gasteiger partial charge in [0.25, 0.3) is 0 Å². The summed E-state index contributed by atoms with van der Waals surface area (Å²) in [6, 6.07) is 6.33. The Kier molecular flexibility index (Phi) is 3.75. The topological polar surface area (TPSA) is 12.0 Å². The first-order valence-corrected chi connectivity index (χ1v) is 5.12. The lowest BCUT2D eigenvalue weighted by Gasteiger charge is -2.11. The first-order valence-electron chi connectivity index (χ1n) is 5.12. The third kappa shape index (κ3) is 2.63. The number of hydrogen-bond acceptors (Lipinski definition) is 1. The molecule has 0 saturated carbocycles. The minimum atomic E-state index is 0.876. The molecule has 0 aromatic heterocycles. The minimum absolute atomic E-state index is 0.876. The molecule has 0 amide bonds. The zero-order chi connectivity index (χ0) is 10.6. The van der Waals surface area contributed by atoms with E-state index in [1.807, 2.05) is 0 Å². The lowest BCUT2D eigenvalue weighted by molar-refractivity contribution is 1.05. The monoisotopic (exact) mass is 189 g/mol. The van der Waals surface area contributed by atoms with Crippen LogP contribution in [0.5, 0.6) is 0 Å². The van der Waals surface area contributed by atoms with Crippen LogP contribution in [0.4, 0.5) is 5.69 Å². The Hall–Kier alpha value is -1.24. The Labute approximate surface area is 86.8 Å². The molecular formula is C13H19N. The van der Waals surface area contributed by atoms with Gasteiger partial charge in [0, 0.05) is 12.2 Å². The predicted octanol–water partition coefficient (Wildman–Crippen LogP) is 3.68. The van der Waals surface area contributed by atoms with E-state index in [4.69, 9.17) is 0 Å². The summed E-state index contributed by atoms with van der Waals surface area (Å²) in [5.74, 6) is 0. The SMILES string of the molecule is C=C(CC)CNc1cccc(C)c1C. The van der Waals surface area contributed by atoms with E-state index in [0.29, 0.717) is 0 Å². The van der Waals surface area contributed by atoms with Crippen molar-refractivity contribution in [3.8, 4) is 0 Å². The fourth-order valence-corrected chi connectivity index (χ4v) is 1.29. The van der Waals surface area contributed by atoms with Crippen molar-refractivity contribution in [3.63, 3.8) is 0 Å². The van der Waals surface area contributed by atoms with Gasteiger partial charge in [0.15, 0.2) is 0 Å². The molecule has 0 atom stereocenters. The summed E-state index contributed by atoms with van der Waals surface area (Å²) >= 11 is 0. The van der Waals surface area contributed by atoms with Crippen molar-refractivity contribution in [1.82, 2.24) is 0 Å². The molecule has 1 heteroatoms. The highest BCUT2D eigenvalue weighted by molar-refractivity contribution is 5.54. The molecule has 0 aliphatic heterocycles. The lowest BCUT2D eigenvalue weighted by atomic mass is 10.1. The van der Waals surface area contributed by atoms with Crippen LogP contribution in [0.25, 0.3) is 0 Å². The molecule has 1 aromatic carbocycles. The van der Waals surface area contributed by atoms with Crippen molar-refractivity contribution in [2.45, 2.75) is 27.2 Å². The van der Waals surface area contributed by atoms with E-state index in [0.717, 1.165) is 13.0 Å². The molecule has 0 fully saturated rings. The summed E-state index contributed by atoms with van der Waals surface area (Å²) in [6.45, 7) is 11.3. The largest absolute Gasteiger partial charge is 0.381 e. The number of nitrogens with one attached hydrogen (secondary N) is 1. The second-order valence-corrected chi connectivity index (χ2v) is 3.70. The van der Waals surface area contributed by atoms with Gasteiger partial charge in [-0.15, -0.1) is 0 Å². The fraction of sp³-hybridized carbons (Fsp3) is 0.385. The Morgan fingerprint density at radius 3 is 2.71 bits per heavy atom. The van der Waals surface area contributed by atoms with Gasteiger partial charge in [0.2, 0.25) is 0 Å². The minimum Gasteiger partial charge on any atom is -0.381 e. The van der Waals surface area contributed by atoms with Crippen LogP contribution >= 0.6 is 0 Å². The lowest BCUT2D eigenvalue weighted by Crippen LogP contribution is -2.05. The van der Waals surface area contributed by atoms with Gasteiger partial charge in [-0.2, -0.15) is 0 Å². The molecule has 0 spiro atoms. The molecule has 1 aromatic rings. The maximum Gasteiger partial charge on any atom is 0.0375 e. The Morgan fingerprint density at radius 1 is 1.36 bits per heavy atom. The summed E-state index contributed by atoms with van der Waals surface area (Å²) in [5, 5.41) is 3.40. The van der Waals surface area contributed by atoms with Crippen LogP contribution in [0.1, 0.15) is 24.5 Å². The molecule has 0 radical (unpaired) electrons. The van der Waals surface area contributed by atoms with E-state index in [2.05, 4.69) is 50.9 Å². The van der Waals surface area contributed by atoms with E-state index < -0.39 is 0 Å². The molecule has 1 nitrogen and oxygen atoms in total. The summed E-state index contributed by atoms with van der Waals surface area (Å²) in [4.78, 5) is 0. The number of hydrogen-bond donors (Lipinski definition) is 1. The van der Waals surface area contributed by atoms with Crippen molar-refractivity contribution in [2.24, 2.45) is 0 Å². The third-order valence-corrected chi connectivity index (χ3v) is 2.63. The average molecular weight is 189 g/mol. The van der Waals surface area contributed by atoms with E-state index in [-0.39, 0.29) is 0 Å². The van der Waals surface area contributed by atoms with Crippen molar-refractivity contribution in [3.05, 3.63) is 41.5 Å². The summed E-state index contributed by atoms with van der Waals surface area (Å²) < 4.78 is 0. The third-order valence-electron chi connectivity index (χ3n) is 2.63. The molecule has 0 aliphatic carbocycles. The molecule has 0 unspecified atom stereocenters. The van der Waals surface area contributed by atoms with Crippen LogP contribution < -0.4 is 5.32 Å². The maximum absolute atomic E-state index is 3.98. The second kappa shape index (κ2) is 4.85. The van der Waals surface area contributed by atoms with Crippen molar-refractivity contribution >= 4 is 5.69 Å². The fourth-order valence-electron chi connectivity index (χ4n) is 1.29. The van der Waals surface area contributed by atoms with Gasteiger partial charge in [-0.05, 0) is 37.5 Å². The molecule has 0 bridgehead atoms. The normalized spacial score (nSPS) is 9.93. The van der Waals surface area contributed by atoms with Gasteiger partial charge in [-0.25, -0.2) is 0 Å². The molecule has 0 saturated heterocycles. The first-order chi connectivity index (χ1) is 6.65. The quantitative estimate of drug-likeness (QED) is 0.712. The maximum atomic E-state index is 3.98. The van der Waals surface area contributed by atoms with Gasteiger partial charge in [0.05, 0.1) is 0 Å². The molecule has 14 heavy (non-hydrogen) atoms. The van der Waals surface area contributed by atoms with Crippen LogP contribution in [0.15, 0.2) is 30.4 Å². The van der Waals surface area contributed by atoms with Gasteiger partial charge >= 0.3 is 0 Å². The zero-order valence-corrected chi connectivity index (χ0v) is 9.35. The molecule has 76 valence electrons. The van der Waals surface area contributed by atoms with Crippen LogP contribution in [-0.2, 0) is 0 Å². The van der Waals surface area contributed by atoms with Crippen LogP contribution in [0, 0.1) is 13.8 Å². The van der Waals surface area contributed by atoms with Crippen LogP contribution in [0.2, 0.25) is 0 Å². The summed E-state index contributed by atoms with van der Waals surface area (Å²) in [5.41, 5.74) is 5.12. The molecule has 0 aliphatic rings. The Morgan fingerprint density at radius 2 is 2.07 bits per heavy atom. The highest BCUT2D eigenvalue weighted by Crippen LogP contribution is 2.18. The van der Waals surface area contributed by atoms with Crippen molar-refractivity contribution in [2.75, 3.05) is 11.9 Å². The van der Waals surface area contributed by atoms with Crippen molar-refractivity contribution < 1.29 is 0 Å². The number of benzene rings is 1. The van der Waals surface area contributed by atoms with Crippen LogP contribution in [-0.4, -0.2) is 6.54 Å². The summed E-state index contributed by atoms with van der Waals surface area (Å²) in [6.07, 6.45) is 1.04. The molecular weight excluding hydrogens is 170 g/mol. The van der Waals surface area contributed by atoms with E-state index in [9.17, 15) is 0 Å². The van der Waals surface area contributed by atoms with E-state index in [1.165, 1.54) is 22.4 Å². The zero-order valence-electron chi connectivity index (χ0n) is 9.35. The average Bonchev–Trinajstić information content (AvgIpc) is 2.20. The first kappa shape index (κ1) is 10.8. The smallest absolute Gasteiger partial charge is 0.0375 e. The second-order valence-electron chi connectivity index (χ2n) is 3.70. The predicted molar refractivity (Wildman–Crippen MR) is 63.8 cm³/mol. The Bertz CT molecular complexity index is 326. The van der Waals surface area contributed by atoms with Crippen LogP contribution in [0.3, 0.4) is 0 Å². The number of anilines is 1. The molecule has 0 heterocycles. The van der Waals surface area contributed by atoms with Gasteiger partial charge in [-0.1, -0.05) is 31.2 Å². The van der Waals surface area contributed by atoms with Crippen molar-refractivity contribution in [1.29, 1.82) is 0 Å². The van der Waals surface area contributed by atoms with Gasteiger partial charge in [-0.3, -0.25) is 0 Å². The Balaban J connectivity index is 2.68. The van der Waals surface area contributed by atoms with Gasteiger partial charge < -0.3 is 5.32 Å². The molecule has 1 N–H and O–H groups in total. The summed E-state index contributed by atoms with van der Waals surface area (Å²) in [7, 11) is 0. The molecule has 1 rings (SSSR count). The number of rotatable bonds is 4. The van der Waals surface area contributed by atoms with E-state index >= 15 is 0 Å². The standard InChI is InChI=1S/C13H19N/c1-5-10(2)9-14-13-8-6-7-11(3)12(13)4/h6-8,14H,2,5,9H2,1,3-4H3. The van der Waals surface area contributed by atoms with Gasteiger partial charge in [0.1, 0.15) is 0 Å². The highest BCUT2D eigenvalue weighted by atomic mass is 14.9. The highest BCUT2D eigenvalue weighted by Gasteiger charge is 1.99.